The van der Waals surface area contributed by atoms with Crippen LogP contribution in [0.3, 0.4) is 0 Å². The highest BCUT2D eigenvalue weighted by Crippen LogP contribution is 2.31. The number of hydrogen-bond donors (Lipinski definition) is 1. The average molecular weight is 350 g/mol. The summed E-state index contributed by atoms with van der Waals surface area (Å²) in [5.74, 6) is 1.64. The highest BCUT2D eigenvalue weighted by atomic mass is 16.2. The van der Waals surface area contributed by atoms with Crippen LogP contribution >= 0.6 is 0 Å². The number of anilines is 2. The summed E-state index contributed by atoms with van der Waals surface area (Å²) in [4.78, 5) is 29.1. The zero-order chi connectivity index (χ0) is 17.7. The summed E-state index contributed by atoms with van der Waals surface area (Å²) < 4.78 is 1.94. The third-order valence-corrected chi connectivity index (χ3v) is 4.86. The molecule has 0 aromatic carbocycles. The van der Waals surface area contributed by atoms with E-state index in [2.05, 4.69) is 30.3 Å². The summed E-state index contributed by atoms with van der Waals surface area (Å²) >= 11 is 0. The molecule has 1 N–H and O–H groups in total. The van der Waals surface area contributed by atoms with Crippen molar-refractivity contribution < 1.29 is 4.79 Å². The molecule has 2 fully saturated rings. The van der Waals surface area contributed by atoms with Crippen LogP contribution in [0.5, 0.6) is 0 Å². The Morgan fingerprint density at radius 1 is 1.27 bits per heavy atom. The molecule has 0 atom stereocenters. The molecule has 0 saturated carbocycles. The Morgan fingerprint density at radius 3 is 2.96 bits per heavy atom. The van der Waals surface area contributed by atoms with E-state index < -0.39 is 0 Å². The first-order valence-corrected chi connectivity index (χ1v) is 8.63. The minimum Gasteiger partial charge on any atom is -0.352 e. The van der Waals surface area contributed by atoms with Crippen molar-refractivity contribution in [1.29, 1.82) is 0 Å². The van der Waals surface area contributed by atoms with Gasteiger partial charge in [-0.1, -0.05) is 0 Å². The van der Waals surface area contributed by atoms with Gasteiger partial charge in [-0.3, -0.25) is 9.58 Å². The van der Waals surface area contributed by atoms with Gasteiger partial charge in [-0.25, -0.2) is 19.7 Å². The van der Waals surface area contributed by atoms with Gasteiger partial charge in [-0.05, 0) is 19.1 Å². The Hall–Kier alpha value is -3.23. The van der Waals surface area contributed by atoms with Gasteiger partial charge in [0.15, 0.2) is 5.65 Å². The maximum atomic E-state index is 11.8. The summed E-state index contributed by atoms with van der Waals surface area (Å²) in [5.41, 5.74) is 1.56. The van der Waals surface area contributed by atoms with Crippen LogP contribution in [0, 0.1) is 6.92 Å². The molecule has 3 aromatic rings. The first-order chi connectivity index (χ1) is 12.7. The molecule has 0 spiro atoms. The maximum absolute atomic E-state index is 11.8. The Balaban J connectivity index is 1.35. The number of nitrogens with one attached hydrogen (secondary N) is 1. The number of carbonyl (C=O) groups is 1. The fraction of sp³-hybridized carbons (Fsp3) is 0.353. The van der Waals surface area contributed by atoms with E-state index in [0.717, 1.165) is 41.5 Å². The molecule has 5 rings (SSSR count). The van der Waals surface area contributed by atoms with Gasteiger partial charge in [0.2, 0.25) is 0 Å². The highest BCUT2D eigenvalue weighted by molar-refractivity contribution is 5.93. The van der Waals surface area contributed by atoms with Crippen molar-refractivity contribution in [3.63, 3.8) is 0 Å². The second-order valence-corrected chi connectivity index (χ2v) is 6.59. The van der Waals surface area contributed by atoms with Gasteiger partial charge in [0, 0.05) is 38.6 Å². The van der Waals surface area contributed by atoms with Gasteiger partial charge in [-0.15, -0.1) is 0 Å². The average Bonchev–Trinajstić information content (AvgIpc) is 3.22. The SMILES string of the molecule is Cc1nc(N2CC(n3cc(N4CCNC4=O)cn3)C2)c2cccnc2n1. The van der Waals surface area contributed by atoms with Crippen LogP contribution in [0.1, 0.15) is 11.9 Å². The van der Waals surface area contributed by atoms with Crippen LogP contribution < -0.4 is 15.1 Å². The zero-order valence-corrected chi connectivity index (χ0v) is 14.3. The minimum atomic E-state index is -0.0600. The van der Waals surface area contributed by atoms with Crippen molar-refractivity contribution in [2.45, 2.75) is 13.0 Å². The molecule has 9 nitrogen and oxygen atoms in total. The lowest BCUT2D eigenvalue weighted by molar-refractivity contribution is 0.252. The third kappa shape index (κ3) is 2.35. The van der Waals surface area contributed by atoms with E-state index in [4.69, 9.17) is 0 Å². The first kappa shape index (κ1) is 15.1. The molecule has 0 radical (unpaired) electrons. The smallest absolute Gasteiger partial charge is 0.322 e. The second-order valence-electron chi connectivity index (χ2n) is 6.59. The number of aryl methyl sites for hydroxylation is 1. The molecule has 5 heterocycles. The fourth-order valence-corrected chi connectivity index (χ4v) is 3.47. The third-order valence-electron chi connectivity index (χ3n) is 4.86. The predicted molar refractivity (Wildman–Crippen MR) is 96.3 cm³/mol. The van der Waals surface area contributed by atoms with Crippen molar-refractivity contribution in [3.8, 4) is 0 Å². The standard InChI is InChI=1S/C17H18N8O/c1-11-21-15-14(3-2-4-18-15)16(22-11)23-8-13(9-23)25-10-12(7-20-25)24-6-5-19-17(24)26/h2-4,7,10,13H,5-6,8-9H2,1H3,(H,19,26). The first-order valence-electron chi connectivity index (χ1n) is 8.63. The van der Waals surface area contributed by atoms with Gasteiger partial charge in [0.1, 0.15) is 11.6 Å². The number of carbonyl (C=O) groups excluding carboxylic acids is 1. The van der Waals surface area contributed by atoms with Crippen molar-refractivity contribution in [1.82, 2.24) is 30.0 Å². The van der Waals surface area contributed by atoms with E-state index >= 15 is 0 Å². The summed E-state index contributed by atoms with van der Waals surface area (Å²) in [6.45, 7) is 4.87. The van der Waals surface area contributed by atoms with Gasteiger partial charge in [0.25, 0.3) is 0 Å². The monoisotopic (exact) mass is 350 g/mol. The van der Waals surface area contributed by atoms with E-state index in [-0.39, 0.29) is 12.1 Å². The summed E-state index contributed by atoms with van der Waals surface area (Å²) in [6.07, 6.45) is 5.44. The van der Waals surface area contributed by atoms with E-state index in [1.54, 1.807) is 17.3 Å². The molecular formula is C17H18N8O. The van der Waals surface area contributed by atoms with E-state index in [1.807, 2.05) is 29.9 Å². The number of urea groups is 1. The van der Waals surface area contributed by atoms with Crippen LogP contribution in [0.25, 0.3) is 11.0 Å². The van der Waals surface area contributed by atoms with Crippen molar-refractivity contribution >= 4 is 28.6 Å². The molecule has 2 amide bonds. The van der Waals surface area contributed by atoms with Crippen LogP contribution in [-0.4, -0.2) is 56.9 Å². The lowest BCUT2D eigenvalue weighted by Crippen LogP contribution is -2.48. The summed E-state index contributed by atoms with van der Waals surface area (Å²) in [5, 5.41) is 8.22. The van der Waals surface area contributed by atoms with E-state index in [9.17, 15) is 4.79 Å². The normalized spacial score (nSPS) is 17.7. The van der Waals surface area contributed by atoms with Crippen molar-refractivity contribution in [3.05, 3.63) is 36.5 Å². The molecule has 0 bridgehead atoms. The Labute approximate surface area is 149 Å². The molecule has 3 aromatic heterocycles. The number of fused-ring (bicyclic) bond motifs is 1. The number of rotatable bonds is 3. The van der Waals surface area contributed by atoms with Crippen molar-refractivity contribution in [2.24, 2.45) is 0 Å². The molecule has 2 saturated heterocycles. The molecular weight excluding hydrogens is 332 g/mol. The predicted octanol–water partition coefficient (Wildman–Crippen LogP) is 1.12. The molecule has 26 heavy (non-hydrogen) atoms. The topological polar surface area (TPSA) is 92.1 Å². The van der Waals surface area contributed by atoms with Gasteiger partial charge < -0.3 is 10.2 Å². The Bertz CT molecular complexity index is 993. The summed E-state index contributed by atoms with van der Waals surface area (Å²) in [7, 11) is 0. The Morgan fingerprint density at radius 2 is 2.15 bits per heavy atom. The Kier molecular flexibility index (Phi) is 3.27. The molecule has 2 aliphatic rings. The molecule has 0 unspecified atom stereocenters. The molecule has 132 valence electrons. The largest absolute Gasteiger partial charge is 0.352 e. The lowest BCUT2D eigenvalue weighted by atomic mass is 10.1. The number of hydrogen-bond acceptors (Lipinski definition) is 6. The van der Waals surface area contributed by atoms with Crippen LogP contribution in [0.2, 0.25) is 0 Å². The van der Waals surface area contributed by atoms with Gasteiger partial charge in [0.05, 0.1) is 23.3 Å². The molecule has 0 aliphatic carbocycles. The number of nitrogens with zero attached hydrogens (tertiary/aromatic N) is 7. The lowest BCUT2D eigenvalue weighted by Gasteiger charge is -2.40. The van der Waals surface area contributed by atoms with Gasteiger partial charge in [-0.2, -0.15) is 5.10 Å². The molecule has 2 aliphatic heterocycles. The van der Waals surface area contributed by atoms with Crippen LogP contribution in [-0.2, 0) is 0 Å². The minimum absolute atomic E-state index is 0.0600. The quantitative estimate of drug-likeness (QED) is 0.761. The zero-order valence-electron chi connectivity index (χ0n) is 14.3. The van der Waals surface area contributed by atoms with Crippen LogP contribution in [0.4, 0.5) is 16.3 Å². The molecule has 9 heteroatoms. The second kappa shape index (κ2) is 5.65. The fourth-order valence-electron chi connectivity index (χ4n) is 3.47. The van der Waals surface area contributed by atoms with E-state index in [0.29, 0.717) is 13.1 Å². The number of pyridine rings is 1. The van der Waals surface area contributed by atoms with E-state index in [1.165, 1.54) is 0 Å². The van der Waals surface area contributed by atoms with Crippen molar-refractivity contribution in [2.75, 3.05) is 36.0 Å². The van der Waals surface area contributed by atoms with Crippen LogP contribution in [0.15, 0.2) is 30.7 Å². The van der Waals surface area contributed by atoms with Gasteiger partial charge >= 0.3 is 6.03 Å². The number of amides is 2. The summed E-state index contributed by atoms with van der Waals surface area (Å²) in [6, 6.07) is 4.11. The highest BCUT2D eigenvalue weighted by Gasteiger charge is 2.32. The maximum Gasteiger partial charge on any atom is 0.322 e. The number of aromatic nitrogens is 5.